The topological polar surface area (TPSA) is 42.9 Å². The largest absolute Gasteiger partial charge is 0.378 e. The van der Waals surface area contributed by atoms with E-state index in [1.807, 2.05) is 7.05 Å². The van der Waals surface area contributed by atoms with Gasteiger partial charge in [-0.1, -0.05) is 30.3 Å². The molecule has 30 heavy (non-hydrogen) atoms. The Balaban J connectivity index is 1.46. The summed E-state index contributed by atoms with van der Waals surface area (Å²) in [6.07, 6.45) is 2.28. The molecule has 0 aliphatic carbocycles. The molecule has 1 saturated heterocycles. The van der Waals surface area contributed by atoms with Gasteiger partial charge in [0.05, 0.1) is 0 Å². The maximum atomic E-state index is 4.44. The van der Waals surface area contributed by atoms with E-state index in [0.29, 0.717) is 6.04 Å². The Morgan fingerprint density at radius 1 is 1.03 bits per heavy atom. The van der Waals surface area contributed by atoms with Crippen molar-refractivity contribution in [2.75, 3.05) is 39.1 Å². The van der Waals surface area contributed by atoms with Gasteiger partial charge in [0.2, 0.25) is 0 Å². The van der Waals surface area contributed by atoms with Crippen LogP contribution in [0.25, 0.3) is 0 Å². The molecule has 1 heterocycles. The first-order valence-corrected chi connectivity index (χ1v) is 11.0. The van der Waals surface area contributed by atoms with Crippen LogP contribution in [0.1, 0.15) is 35.1 Å². The van der Waals surface area contributed by atoms with Crippen LogP contribution in [0, 0.1) is 13.8 Å². The molecule has 0 amide bonds. The van der Waals surface area contributed by atoms with Crippen molar-refractivity contribution < 1.29 is 0 Å². The van der Waals surface area contributed by atoms with Crippen molar-refractivity contribution in [3.63, 3.8) is 0 Å². The molecule has 2 aromatic rings. The highest BCUT2D eigenvalue weighted by atomic mass is 15.2. The number of hydrogen-bond donors (Lipinski definition) is 2. The van der Waals surface area contributed by atoms with E-state index < -0.39 is 0 Å². The number of nitrogens with one attached hydrogen (secondary N) is 2. The van der Waals surface area contributed by atoms with E-state index in [1.165, 1.54) is 27.9 Å². The van der Waals surface area contributed by atoms with E-state index >= 15 is 0 Å². The first kappa shape index (κ1) is 22.2. The van der Waals surface area contributed by atoms with E-state index in [4.69, 9.17) is 0 Å². The molecular formula is C25H37N5. The molecule has 3 rings (SSSR count). The smallest absolute Gasteiger partial charge is 0.191 e. The highest BCUT2D eigenvalue weighted by molar-refractivity contribution is 5.80. The summed E-state index contributed by atoms with van der Waals surface area (Å²) in [5.41, 5.74) is 6.66. The van der Waals surface area contributed by atoms with Gasteiger partial charge in [-0.15, -0.1) is 0 Å². The Labute approximate surface area is 182 Å². The molecule has 5 nitrogen and oxygen atoms in total. The number of hydrogen-bond acceptors (Lipinski definition) is 3. The van der Waals surface area contributed by atoms with Crippen molar-refractivity contribution >= 4 is 11.6 Å². The van der Waals surface area contributed by atoms with Crippen molar-refractivity contribution in [3.8, 4) is 0 Å². The number of anilines is 1. The van der Waals surface area contributed by atoms with Gasteiger partial charge in [0.1, 0.15) is 0 Å². The molecular weight excluding hydrogens is 370 g/mol. The highest BCUT2D eigenvalue weighted by Crippen LogP contribution is 2.18. The SMILES string of the molecule is CN=C(NCc1ccc(N(C)C)cc1C)NC1CCN(Cc2ccccc2C)CC1. The average molecular weight is 408 g/mol. The fourth-order valence-corrected chi connectivity index (χ4v) is 3.99. The highest BCUT2D eigenvalue weighted by Gasteiger charge is 2.20. The maximum Gasteiger partial charge on any atom is 0.191 e. The lowest BCUT2D eigenvalue weighted by Crippen LogP contribution is -2.48. The third-order valence-corrected chi connectivity index (χ3v) is 6.10. The lowest BCUT2D eigenvalue weighted by Gasteiger charge is -2.33. The van der Waals surface area contributed by atoms with Crippen molar-refractivity contribution in [1.82, 2.24) is 15.5 Å². The van der Waals surface area contributed by atoms with Gasteiger partial charge < -0.3 is 15.5 Å². The number of aryl methyl sites for hydroxylation is 2. The van der Waals surface area contributed by atoms with E-state index in [2.05, 4.69) is 95.8 Å². The van der Waals surface area contributed by atoms with Crippen LogP contribution in [0.5, 0.6) is 0 Å². The zero-order chi connectivity index (χ0) is 21.5. The Hall–Kier alpha value is -2.53. The maximum absolute atomic E-state index is 4.44. The summed E-state index contributed by atoms with van der Waals surface area (Å²) in [7, 11) is 6.00. The van der Waals surface area contributed by atoms with Gasteiger partial charge in [0, 0.05) is 59.1 Å². The lowest BCUT2D eigenvalue weighted by atomic mass is 10.0. The molecule has 0 spiro atoms. The molecule has 1 fully saturated rings. The first-order chi connectivity index (χ1) is 14.5. The molecule has 0 unspecified atom stereocenters. The summed E-state index contributed by atoms with van der Waals surface area (Å²) in [6, 6.07) is 15.8. The molecule has 0 bridgehead atoms. The van der Waals surface area contributed by atoms with Crippen molar-refractivity contribution in [2.45, 2.75) is 45.8 Å². The average Bonchev–Trinajstić information content (AvgIpc) is 2.74. The summed E-state index contributed by atoms with van der Waals surface area (Å²) in [5.74, 6) is 0.892. The minimum atomic E-state index is 0.474. The van der Waals surface area contributed by atoms with Gasteiger partial charge in [-0.3, -0.25) is 9.89 Å². The number of aliphatic imine (C=N–C) groups is 1. The van der Waals surface area contributed by atoms with Crippen molar-refractivity contribution in [2.24, 2.45) is 4.99 Å². The second-order valence-electron chi connectivity index (χ2n) is 8.55. The monoisotopic (exact) mass is 407 g/mol. The van der Waals surface area contributed by atoms with Gasteiger partial charge in [-0.2, -0.15) is 0 Å². The molecule has 0 atom stereocenters. The quantitative estimate of drug-likeness (QED) is 0.566. The fraction of sp³-hybridized carbons (Fsp3) is 0.480. The molecule has 1 aliphatic rings. The van der Waals surface area contributed by atoms with Crippen LogP contribution < -0.4 is 15.5 Å². The Morgan fingerprint density at radius 2 is 1.77 bits per heavy atom. The van der Waals surface area contributed by atoms with Crippen molar-refractivity contribution in [3.05, 3.63) is 64.7 Å². The van der Waals surface area contributed by atoms with Crippen LogP contribution in [0.15, 0.2) is 47.5 Å². The predicted octanol–water partition coefficient (Wildman–Crippen LogP) is 3.70. The third kappa shape index (κ3) is 5.99. The van der Waals surface area contributed by atoms with Crippen molar-refractivity contribution in [1.29, 1.82) is 0 Å². The van der Waals surface area contributed by atoms with E-state index in [1.54, 1.807) is 0 Å². The Kier molecular flexibility index (Phi) is 7.75. The summed E-state index contributed by atoms with van der Waals surface area (Å²) in [5, 5.41) is 7.12. The molecule has 162 valence electrons. The van der Waals surface area contributed by atoms with Gasteiger partial charge >= 0.3 is 0 Å². The Morgan fingerprint density at radius 3 is 2.40 bits per heavy atom. The lowest BCUT2D eigenvalue weighted by molar-refractivity contribution is 0.198. The number of likely N-dealkylation sites (tertiary alicyclic amines) is 1. The Bertz CT molecular complexity index is 850. The predicted molar refractivity (Wildman–Crippen MR) is 128 cm³/mol. The van der Waals surface area contributed by atoms with Gasteiger partial charge in [0.15, 0.2) is 5.96 Å². The summed E-state index contributed by atoms with van der Waals surface area (Å²) in [6.45, 7) is 8.45. The van der Waals surface area contributed by atoms with E-state index in [0.717, 1.165) is 45.0 Å². The number of rotatable bonds is 6. The molecule has 0 aromatic heterocycles. The van der Waals surface area contributed by atoms with Crippen LogP contribution in [0.3, 0.4) is 0 Å². The number of guanidine groups is 1. The number of piperidine rings is 1. The van der Waals surface area contributed by atoms with Crippen LogP contribution in [-0.4, -0.2) is 51.1 Å². The third-order valence-electron chi connectivity index (χ3n) is 6.10. The second kappa shape index (κ2) is 10.5. The standard InChI is InChI=1S/C25H37N5/c1-19-8-6-7-9-22(19)18-30-14-12-23(13-15-30)28-25(26-3)27-17-21-10-11-24(29(4)5)16-20(21)2/h6-11,16,23H,12-15,17-18H2,1-5H3,(H2,26,27,28). The van der Waals surface area contributed by atoms with E-state index in [9.17, 15) is 0 Å². The molecule has 2 N–H and O–H groups in total. The van der Waals surface area contributed by atoms with Gasteiger partial charge in [-0.25, -0.2) is 0 Å². The van der Waals surface area contributed by atoms with Gasteiger partial charge in [0.25, 0.3) is 0 Å². The first-order valence-electron chi connectivity index (χ1n) is 11.0. The van der Waals surface area contributed by atoms with E-state index in [-0.39, 0.29) is 0 Å². The van der Waals surface area contributed by atoms with Gasteiger partial charge in [-0.05, 0) is 61.1 Å². The second-order valence-corrected chi connectivity index (χ2v) is 8.55. The molecule has 5 heteroatoms. The fourth-order valence-electron chi connectivity index (χ4n) is 3.99. The minimum Gasteiger partial charge on any atom is -0.378 e. The normalized spacial score (nSPS) is 15.8. The molecule has 2 aromatic carbocycles. The zero-order valence-corrected chi connectivity index (χ0v) is 19.2. The van der Waals surface area contributed by atoms with Crippen LogP contribution in [-0.2, 0) is 13.1 Å². The number of nitrogens with zero attached hydrogens (tertiary/aromatic N) is 3. The van der Waals surface area contributed by atoms with Crippen LogP contribution >= 0.6 is 0 Å². The summed E-state index contributed by atoms with van der Waals surface area (Å²) in [4.78, 5) is 9.14. The summed E-state index contributed by atoms with van der Waals surface area (Å²) < 4.78 is 0. The molecule has 1 aliphatic heterocycles. The minimum absolute atomic E-state index is 0.474. The molecule has 0 radical (unpaired) electrons. The van der Waals surface area contributed by atoms with Crippen LogP contribution in [0.2, 0.25) is 0 Å². The van der Waals surface area contributed by atoms with Crippen LogP contribution in [0.4, 0.5) is 5.69 Å². The molecule has 0 saturated carbocycles. The number of benzene rings is 2. The summed E-state index contributed by atoms with van der Waals surface area (Å²) >= 11 is 0. The zero-order valence-electron chi connectivity index (χ0n) is 19.2.